The first-order valence-electron chi connectivity index (χ1n) is 8.22. The van der Waals surface area contributed by atoms with Crippen molar-refractivity contribution >= 4 is 10.8 Å². The van der Waals surface area contributed by atoms with Crippen molar-refractivity contribution < 1.29 is 4.52 Å². The second-order valence-electron chi connectivity index (χ2n) is 6.71. The van der Waals surface area contributed by atoms with E-state index in [2.05, 4.69) is 22.4 Å². The molecule has 1 fully saturated rings. The normalized spacial score (nSPS) is 17.2. The number of aromatic nitrogens is 3. The highest BCUT2D eigenvalue weighted by molar-refractivity contribution is 5.84. The number of benzene rings is 1. The first-order chi connectivity index (χ1) is 11.6. The van der Waals surface area contributed by atoms with Gasteiger partial charge in [-0.2, -0.15) is 4.98 Å². The highest BCUT2D eigenvalue weighted by Crippen LogP contribution is 2.32. The van der Waals surface area contributed by atoms with Crippen LogP contribution in [-0.2, 0) is 12.5 Å². The van der Waals surface area contributed by atoms with Crippen molar-refractivity contribution in [3.05, 3.63) is 46.5 Å². The Labute approximate surface area is 139 Å². The third-order valence-corrected chi connectivity index (χ3v) is 5.04. The van der Waals surface area contributed by atoms with Gasteiger partial charge in [0, 0.05) is 17.8 Å². The highest BCUT2D eigenvalue weighted by atomic mass is 16.5. The summed E-state index contributed by atoms with van der Waals surface area (Å²) >= 11 is 0. The van der Waals surface area contributed by atoms with E-state index >= 15 is 0 Å². The fourth-order valence-electron chi connectivity index (χ4n) is 3.33. The topological polar surface area (TPSA) is 73.0 Å². The average molecular weight is 324 g/mol. The van der Waals surface area contributed by atoms with Gasteiger partial charge in [-0.3, -0.25) is 4.79 Å². The van der Waals surface area contributed by atoms with Gasteiger partial charge in [-0.1, -0.05) is 30.3 Å². The van der Waals surface area contributed by atoms with E-state index in [-0.39, 0.29) is 11.0 Å². The van der Waals surface area contributed by atoms with Crippen molar-refractivity contribution in [2.75, 3.05) is 13.1 Å². The van der Waals surface area contributed by atoms with Crippen LogP contribution in [0.15, 0.2) is 39.6 Å². The van der Waals surface area contributed by atoms with Crippen molar-refractivity contribution in [1.29, 1.82) is 0 Å². The maximum atomic E-state index is 12.6. The zero-order chi connectivity index (χ0) is 16.7. The second kappa shape index (κ2) is 5.56. The molecule has 124 valence electrons. The Morgan fingerprint density at radius 2 is 2.00 bits per heavy atom. The number of rotatable bonds is 2. The Kier molecular flexibility index (Phi) is 3.49. The van der Waals surface area contributed by atoms with Gasteiger partial charge in [0.15, 0.2) is 5.82 Å². The monoisotopic (exact) mass is 324 g/mol. The second-order valence-corrected chi connectivity index (χ2v) is 6.71. The Hall–Kier alpha value is -2.47. The lowest BCUT2D eigenvalue weighted by atomic mass is 9.80. The van der Waals surface area contributed by atoms with Crippen LogP contribution in [0.2, 0.25) is 0 Å². The van der Waals surface area contributed by atoms with E-state index < -0.39 is 0 Å². The molecule has 0 spiro atoms. The maximum absolute atomic E-state index is 12.6. The van der Waals surface area contributed by atoms with Crippen molar-refractivity contribution in [2.24, 2.45) is 7.05 Å². The quantitative estimate of drug-likeness (QED) is 0.782. The van der Waals surface area contributed by atoms with E-state index in [1.807, 2.05) is 30.3 Å². The zero-order valence-electron chi connectivity index (χ0n) is 13.9. The first-order valence-corrected chi connectivity index (χ1v) is 8.22. The molecule has 1 aromatic carbocycles. The van der Waals surface area contributed by atoms with Gasteiger partial charge in [0.25, 0.3) is 11.4 Å². The van der Waals surface area contributed by atoms with E-state index in [0.717, 1.165) is 37.1 Å². The molecule has 4 rings (SSSR count). The predicted molar refractivity (Wildman–Crippen MR) is 91.9 cm³/mol. The third kappa shape index (κ3) is 2.34. The minimum Gasteiger partial charge on any atom is -0.332 e. The Morgan fingerprint density at radius 3 is 2.79 bits per heavy atom. The van der Waals surface area contributed by atoms with Gasteiger partial charge in [-0.05, 0) is 43.5 Å². The largest absolute Gasteiger partial charge is 0.332 e. The summed E-state index contributed by atoms with van der Waals surface area (Å²) in [5, 5.41) is 9.13. The molecule has 0 aliphatic carbocycles. The number of piperidine rings is 1. The maximum Gasteiger partial charge on any atom is 0.274 e. The number of nitrogens with one attached hydrogen (secondary N) is 1. The van der Waals surface area contributed by atoms with E-state index in [1.165, 1.54) is 0 Å². The molecule has 2 aromatic heterocycles. The first kappa shape index (κ1) is 15.1. The molecule has 1 N–H and O–H groups in total. The van der Waals surface area contributed by atoms with Crippen LogP contribution < -0.4 is 10.9 Å². The van der Waals surface area contributed by atoms with Crippen LogP contribution in [0.5, 0.6) is 0 Å². The number of fused-ring (bicyclic) bond motifs is 1. The van der Waals surface area contributed by atoms with E-state index in [9.17, 15) is 4.79 Å². The van der Waals surface area contributed by atoms with Crippen LogP contribution in [0.4, 0.5) is 0 Å². The molecule has 1 saturated heterocycles. The van der Waals surface area contributed by atoms with Gasteiger partial charge in [0.05, 0.1) is 0 Å². The smallest absolute Gasteiger partial charge is 0.274 e. The number of hydrogen-bond donors (Lipinski definition) is 1. The van der Waals surface area contributed by atoms with Crippen molar-refractivity contribution in [1.82, 2.24) is 20.0 Å². The average Bonchev–Trinajstić information content (AvgIpc) is 3.09. The Morgan fingerprint density at radius 1 is 1.25 bits per heavy atom. The lowest BCUT2D eigenvalue weighted by molar-refractivity contribution is 0.303. The summed E-state index contributed by atoms with van der Waals surface area (Å²) in [5.74, 6) is 1.12. The molecule has 6 heteroatoms. The molecule has 0 atom stereocenters. The third-order valence-electron chi connectivity index (χ3n) is 5.04. The van der Waals surface area contributed by atoms with Gasteiger partial charge in [0.1, 0.15) is 5.69 Å². The summed E-state index contributed by atoms with van der Waals surface area (Å²) in [7, 11) is 1.74. The van der Waals surface area contributed by atoms with Gasteiger partial charge < -0.3 is 14.4 Å². The standard InChI is InChI=1S/C18H20N4O2/c1-18(7-9-19-10-8-18)17-20-15(24-21-17)14-11-12-5-3-4-6-13(12)16(23)22(14)2/h3-6,11,19H,7-10H2,1-2H3. The molecule has 6 nitrogen and oxygen atoms in total. The van der Waals surface area contributed by atoms with Crippen LogP contribution in [0, 0.1) is 0 Å². The molecule has 0 amide bonds. The molecular weight excluding hydrogens is 304 g/mol. The lowest BCUT2D eigenvalue weighted by Crippen LogP contribution is -2.38. The van der Waals surface area contributed by atoms with E-state index in [4.69, 9.17) is 4.52 Å². The number of nitrogens with zero attached hydrogens (tertiary/aromatic N) is 3. The highest BCUT2D eigenvalue weighted by Gasteiger charge is 2.34. The Balaban J connectivity index is 1.81. The predicted octanol–water partition coefficient (Wildman–Crippen LogP) is 2.23. The molecule has 3 aromatic rings. The minimum absolute atomic E-state index is 0.0593. The summed E-state index contributed by atoms with van der Waals surface area (Å²) in [4.78, 5) is 17.2. The van der Waals surface area contributed by atoms with Gasteiger partial charge in [-0.25, -0.2) is 0 Å². The molecule has 1 aliphatic heterocycles. The van der Waals surface area contributed by atoms with Crippen LogP contribution in [0.1, 0.15) is 25.6 Å². The molecule has 0 radical (unpaired) electrons. The van der Waals surface area contributed by atoms with Crippen LogP contribution >= 0.6 is 0 Å². The van der Waals surface area contributed by atoms with Crippen molar-refractivity contribution in [3.8, 4) is 11.6 Å². The molecular formula is C18H20N4O2. The number of pyridine rings is 1. The van der Waals surface area contributed by atoms with Crippen molar-refractivity contribution in [2.45, 2.75) is 25.2 Å². The van der Waals surface area contributed by atoms with Crippen LogP contribution in [0.25, 0.3) is 22.4 Å². The van der Waals surface area contributed by atoms with Crippen LogP contribution in [-0.4, -0.2) is 27.8 Å². The molecule has 0 bridgehead atoms. The summed E-state index contributed by atoms with van der Waals surface area (Å²) in [5.41, 5.74) is 0.508. The molecule has 0 unspecified atom stereocenters. The molecule has 24 heavy (non-hydrogen) atoms. The fourth-order valence-corrected chi connectivity index (χ4v) is 3.33. The number of hydrogen-bond acceptors (Lipinski definition) is 5. The lowest BCUT2D eigenvalue weighted by Gasteiger charge is -2.30. The van der Waals surface area contributed by atoms with E-state index in [0.29, 0.717) is 17.0 Å². The van der Waals surface area contributed by atoms with Crippen LogP contribution in [0.3, 0.4) is 0 Å². The molecule has 1 aliphatic rings. The van der Waals surface area contributed by atoms with Gasteiger partial charge in [-0.15, -0.1) is 0 Å². The fraction of sp³-hybridized carbons (Fsp3) is 0.389. The van der Waals surface area contributed by atoms with E-state index in [1.54, 1.807) is 11.6 Å². The Bertz CT molecular complexity index is 951. The summed E-state index contributed by atoms with van der Waals surface area (Å²) < 4.78 is 7.09. The van der Waals surface area contributed by atoms with Gasteiger partial charge >= 0.3 is 0 Å². The summed E-state index contributed by atoms with van der Waals surface area (Å²) in [6, 6.07) is 9.47. The van der Waals surface area contributed by atoms with Crippen molar-refractivity contribution in [3.63, 3.8) is 0 Å². The molecule has 0 saturated carbocycles. The SMILES string of the molecule is Cn1c(-c2nc(C3(C)CCNCC3)no2)cc2ccccc2c1=O. The molecule has 3 heterocycles. The van der Waals surface area contributed by atoms with Gasteiger partial charge in [0.2, 0.25) is 0 Å². The summed E-state index contributed by atoms with van der Waals surface area (Å²) in [6.07, 6.45) is 1.95. The minimum atomic E-state index is -0.0806. The zero-order valence-corrected chi connectivity index (χ0v) is 13.9. The summed E-state index contributed by atoms with van der Waals surface area (Å²) in [6.45, 7) is 4.07.